The Morgan fingerprint density at radius 1 is 1.23 bits per heavy atom. The molecule has 0 spiro atoms. The summed E-state index contributed by atoms with van der Waals surface area (Å²) in [6.45, 7) is 3.89. The van der Waals surface area contributed by atoms with Crippen molar-refractivity contribution >= 4 is 33.3 Å². The number of carbonyl (C=O) groups is 1. The van der Waals surface area contributed by atoms with E-state index in [1.54, 1.807) is 11.6 Å². The Balaban J connectivity index is 1.58. The summed E-state index contributed by atoms with van der Waals surface area (Å²) in [5.74, 6) is 0.869. The topological polar surface area (TPSA) is 90.7 Å². The molecular weight excluding hydrogens is 416 g/mol. The van der Waals surface area contributed by atoms with Crippen molar-refractivity contribution in [2.75, 3.05) is 11.9 Å². The first-order chi connectivity index (χ1) is 14.9. The van der Waals surface area contributed by atoms with Gasteiger partial charge in [0.15, 0.2) is 11.7 Å². The third-order valence-electron chi connectivity index (χ3n) is 5.92. The van der Waals surface area contributed by atoms with Gasteiger partial charge in [0.05, 0.1) is 5.39 Å². The van der Waals surface area contributed by atoms with Gasteiger partial charge in [0.1, 0.15) is 22.7 Å². The number of amides is 1. The molecule has 1 aromatic carbocycles. The maximum atomic E-state index is 12.7. The molecule has 0 bridgehead atoms. The summed E-state index contributed by atoms with van der Waals surface area (Å²) in [6, 6.07) is 1.85. The van der Waals surface area contributed by atoms with Gasteiger partial charge >= 0.3 is 5.63 Å². The van der Waals surface area contributed by atoms with Crippen LogP contribution in [0, 0.1) is 0 Å². The molecule has 1 aliphatic carbocycles. The van der Waals surface area contributed by atoms with Gasteiger partial charge in [-0.1, -0.05) is 0 Å². The second kappa shape index (κ2) is 7.67. The number of carbonyl (C=O) groups excluding carboxylic acids is 1. The number of aromatic nitrogens is 1. The minimum absolute atomic E-state index is 0.176. The van der Waals surface area contributed by atoms with Crippen molar-refractivity contribution in [1.82, 2.24) is 4.98 Å². The van der Waals surface area contributed by atoms with Gasteiger partial charge in [-0.15, -0.1) is 11.3 Å². The number of nitrogens with one attached hydrogen (secondary N) is 1. The highest BCUT2D eigenvalue weighted by atomic mass is 32.1. The number of thiazole rings is 1. The van der Waals surface area contributed by atoms with Crippen molar-refractivity contribution in [2.45, 2.75) is 58.0 Å². The fourth-order valence-electron chi connectivity index (χ4n) is 4.41. The maximum absolute atomic E-state index is 12.7. The monoisotopic (exact) mass is 440 g/mol. The molecule has 0 fully saturated rings. The summed E-state index contributed by atoms with van der Waals surface area (Å²) in [7, 11) is 0. The molecule has 162 valence electrons. The van der Waals surface area contributed by atoms with Crippen LogP contribution < -0.4 is 20.4 Å². The van der Waals surface area contributed by atoms with Gasteiger partial charge in [-0.05, 0) is 57.9 Å². The lowest BCUT2D eigenvalue weighted by Crippen LogP contribution is -2.33. The average molecular weight is 441 g/mol. The molecule has 1 amide bonds. The number of fused-ring (bicyclic) bond motifs is 5. The van der Waals surface area contributed by atoms with Crippen molar-refractivity contribution in [3.05, 3.63) is 44.8 Å². The van der Waals surface area contributed by atoms with Gasteiger partial charge < -0.3 is 13.9 Å². The quantitative estimate of drug-likeness (QED) is 0.610. The van der Waals surface area contributed by atoms with Crippen LogP contribution in [0.3, 0.4) is 0 Å². The highest BCUT2D eigenvalue weighted by Gasteiger charge is 2.32. The molecule has 0 radical (unpaired) electrons. The number of anilines is 1. The fraction of sp³-hybridized carbons (Fsp3) is 0.435. The Bertz CT molecular complexity index is 1210. The summed E-state index contributed by atoms with van der Waals surface area (Å²) in [4.78, 5) is 29.2. The van der Waals surface area contributed by atoms with Crippen molar-refractivity contribution in [3.8, 4) is 11.5 Å². The average Bonchev–Trinajstić information content (AvgIpc) is 3.24. The van der Waals surface area contributed by atoms with E-state index in [1.807, 2.05) is 19.9 Å². The van der Waals surface area contributed by atoms with Gasteiger partial charge in [-0.3, -0.25) is 10.1 Å². The number of aryl methyl sites for hydroxylation is 2. The Hall–Kier alpha value is -2.87. The smallest absolute Gasteiger partial charge is 0.339 e. The van der Waals surface area contributed by atoms with Crippen molar-refractivity contribution < 1.29 is 18.7 Å². The molecule has 0 saturated heterocycles. The first-order valence-electron chi connectivity index (χ1n) is 10.6. The minimum atomic E-state index is -0.325. The van der Waals surface area contributed by atoms with Crippen molar-refractivity contribution in [3.63, 3.8) is 0 Å². The van der Waals surface area contributed by atoms with Gasteiger partial charge in [0.2, 0.25) is 0 Å². The van der Waals surface area contributed by atoms with Crippen LogP contribution in [-0.2, 0) is 24.1 Å². The lowest BCUT2D eigenvalue weighted by molar-refractivity contribution is -0.118. The summed E-state index contributed by atoms with van der Waals surface area (Å²) in [6.07, 6.45) is 6.69. The SMILES string of the molecule is CC1(C)CCc2c(cc(OCC(=O)Nc3nccs3)c3c4c(c(=O)oc23)CCCC4)O1. The molecule has 31 heavy (non-hydrogen) atoms. The van der Waals surface area contributed by atoms with E-state index in [-0.39, 0.29) is 23.7 Å². The first-order valence-corrected chi connectivity index (χ1v) is 11.4. The van der Waals surface area contributed by atoms with Crippen LogP contribution in [-0.4, -0.2) is 23.1 Å². The normalized spacial score (nSPS) is 16.8. The lowest BCUT2D eigenvalue weighted by atomic mass is 9.87. The number of rotatable bonds is 4. The predicted octanol–water partition coefficient (Wildman–Crippen LogP) is 4.25. The number of ether oxygens (including phenoxy) is 2. The first kappa shape index (κ1) is 20.1. The van der Waals surface area contributed by atoms with E-state index in [2.05, 4.69) is 10.3 Å². The molecule has 8 heteroatoms. The maximum Gasteiger partial charge on any atom is 0.339 e. The molecule has 0 atom stereocenters. The molecule has 1 N–H and O–H groups in total. The molecule has 7 nitrogen and oxygen atoms in total. The van der Waals surface area contributed by atoms with Crippen LogP contribution in [0.4, 0.5) is 5.13 Å². The van der Waals surface area contributed by atoms with Crippen LogP contribution in [0.1, 0.15) is 49.8 Å². The van der Waals surface area contributed by atoms with Gasteiger partial charge in [-0.25, -0.2) is 9.78 Å². The van der Waals surface area contributed by atoms with Gasteiger partial charge in [-0.2, -0.15) is 0 Å². The second-order valence-corrected chi connectivity index (χ2v) is 9.54. The van der Waals surface area contributed by atoms with Crippen molar-refractivity contribution in [1.29, 1.82) is 0 Å². The van der Waals surface area contributed by atoms with E-state index in [0.717, 1.165) is 54.2 Å². The fourth-order valence-corrected chi connectivity index (χ4v) is 4.96. The van der Waals surface area contributed by atoms with E-state index in [9.17, 15) is 9.59 Å². The molecule has 3 aromatic rings. The number of benzene rings is 1. The lowest BCUT2D eigenvalue weighted by Gasteiger charge is -2.33. The second-order valence-electron chi connectivity index (χ2n) is 8.65. The highest BCUT2D eigenvalue weighted by molar-refractivity contribution is 7.13. The third-order valence-corrected chi connectivity index (χ3v) is 6.61. The molecule has 5 rings (SSSR count). The molecule has 0 saturated carbocycles. The van der Waals surface area contributed by atoms with Crippen LogP contribution in [0.5, 0.6) is 11.5 Å². The van der Waals surface area contributed by atoms with E-state index in [1.165, 1.54) is 11.3 Å². The standard InChI is InChI=1S/C23H24N2O5S/c1-23(2)8-7-15-16(30-23)11-17(28-12-18(26)25-22-24-9-10-31-22)19-13-5-3-4-6-14(13)21(27)29-20(15)19/h9-11H,3-8,12H2,1-2H3,(H,24,25,26). The minimum Gasteiger partial charge on any atom is -0.487 e. The van der Waals surface area contributed by atoms with E-state index in [0.29, 0.717) is 28.6 Å². The van der Waals surface area contributed by atoms with E-state index in [4.69, 9.17) is 13.9 Å². The third kappa shape index (κ3) is 3.80. The Labute approximate surface area is 183 Å². The molecule has 1 aliphatic heterocycles. The predicted molar refractivity (Wildman–Crippen MR) is 118 cm³/mol. The molecule has 2 aliphatic rings. The van der Waals surface area contributed by atoms with Gasteiger partial charge in [0, 0.05) is 28.8 Å². The number of nitrogens with zero attached hydrogens (tertiary/aromatic N) is 1. The van der Waals surface area contributed by atoms with Crippen LogP contribution in [0.2, 0.25) is 0 Å². The van der Waals surface area contributed by atoms with Gasteiger partial charge in [0.25, 0.3) is 5.91 Å². The molecular formula is C23H24N2O5S. The van der Waals surface area contributed by atoms with Crippen molar-refractivity contribution in [2.24, 2.45) is 0 Å². The van der Waals surface area contributed by atoms with Crippen LogP contribution in [0.15, 0.2) is 26.9 Å². The van der Waals surface area contributed by atoms with Crippen LogP contribution >= 0.6 is 11.3 Å². The summed E-state index contributed by atoms with van der Waals surface area (Å²) in [5.41, 5.74) is 2.56. The summed E-state index contributed by atoms with van der Waals surface area (Å²) < 4.78 is 18.0. The number of hydrogen-bond donors (Lipinski definition) is 1. The zero-order valence-electron chi connectivity index (χ0n) is 17.6. The summed E-state index contributed by atoms with van der Waals surface area (Å²) in [5, 5.41) is 5.85. The molecule has 3 heterocycles. The molecule has 0 unspecified atom stereocenters. The Morgan fingerprint density at radius 3 is 2.81 bits per heavy atom. The molecule has 2 aromatic heterocycles. The van der Waals surface area contributed by atoms with Crippen LogP contribution in [0.25, 0.3) is 11.0 Å². The highest BCUT2D eigenvalue weighted by Crippen LogP contribution is 2.44. The Morgan fingerprint density at radius 2 is 2.03 bits per heavy atom. The summed E-state index contributed by atoms with van der Waals surface area (Å²) >= 11 is 1.35. The largest absolute Gasteiger partial charge is 0.487 e. The Kier molecular flexibility index (Phi) is 4.97. The zero-order valence-corrected chi connectivity index (χ0v) is 18.4. The van der Waals surface area contributed by atoms with E-state index >= 15 is 0 Å². The van der Waals surface area contributed by atoms with E-state index < -0.39 is 0 Å². The zero-order chi connectivity index (χ0) is 21.6. The number of hydrogen-bond acceptors (Lipinski definition) is 7.